The number of benzene rings is 2. The van der Waals surface area contributed by atoms with E-state index in [4.69, 9.17) is 4.52 Å². The zero-order chi connectivity index (χ0) is 21.1. The number of hydrogen-bond acceptors (Lipinski definition) is 5. The summed E-state index contributed by atoms with van der Waals surface area (Å²) in [6.07, 6.45) is 1.46. The lowest BCUT2D eigenvalue weighted by Gasteiger charge is -2.08. The Bertz CT molecular complexity index is 1280. The Labute approximate surface area is 170 Å². The summed E-state index contributed by atoms with van der Waals surface area (Å²) in [5.74, 6) is -0.453. The zero-order valence-corrected chi connectivity index (χ0v) is 16.0. The van der Waals surface area contributed by atoms with Gasteiger partial charge in [0.2, 0.25) is 11.7 Å². The Kier molecular flexibility index (Phi) is 5.21. The predicted octanol–water partition coefficient (Wildman–Crippen LogP) is 3.65. The van der Waals surface area contributed by atoms with Crippen molar-refractivity contribution in [1.82, 2.24) is 14.7 Å². The van der Waals surface area contributed by atoms with Gasteiger partial charge in [0.1, 0.15) is 12.4 Å². The summed E-state index contributed by atoms with van der Waals surface area (Å²) >= 11 is 0. The molecule has 2 aromatic carbocycles. The van der Waals surface area contributed by atoms with Crippen molar-refractivity contribution in [3.8, 4) is 22.8 Å². The summed E-state index contributed by atoms with van der Waals surface area (Å²) in [6.45, 7) is 1.67. The molecule has 1 amide bonds. The van der Waals surface area contributed by atoms with Gasteiger partial charge in [0, 0.05) is 17.8 Å². The fraction of sp³-hybridized carbons (Fsp3) is 0.0909. The van der Waals surface area contributed by atoms with Crippen LogP contribution in [0.1, 0.15) is 5.56 Å². The van der Waals surface area contributed by atoms with Gasteiger partial charge < -0.3 is 14.4 Å². The van der Waals surface area contributed by atoms with E-state index in [2.05, 4.69) is 15.5 Å². The molecular formula is C22H17FN4O3. The smallest absolute Gasteiger partial charge is 0.259 e. The second-order valence-corrected chi connectivity index (χ2v) is 6.70. The minimum Gasteiger partial charge on any atom is -0.334 e. The largest absolute Gasteiger partial charge is 0.334 e. The average Bonchev–Trinajstić information content (AvgIpc) is 3.22. The molecule has 0 bridgehead atoms. The zero-order valence-electron chi connectivity index (χ0n) is 16.0. The molecule has 4 rings (SSSR count). The molecule has 0 aliphatic carbocycles. The first-order valence-corrected chi connectivity index (χ1v) is 9.15. The fourth-order valence-corrected chi connectivity index (χ4v) is 2.93. The van der Waals surface area contributed by atoms with Crippen molar-refractivity contribution < 1.29 is 13.7 Å². The number of hydrogen-bond donors (Lipinski definition) is 1. The van der Waals surface area contributed by atoms with Crippen molar-refractivity contribution in [2.24, 2.45) is 0 Å². The van der Waals surface area contributed by atoms with E-state index in [1.165, 1.54) is 35.0 Å². The lowest BCUT2D eigenvalue weighted by molar-refractivity contribution is -0.116. The van der Waals surface area contributed by atoms with Crippen molar-refractivity contribution in [2.75, 3.05) is 5.32 Å². The van der Waals surface area contributed by atoms with Gasteiger partial charge in [-0.2, -0.15) is 4.98 Å². The van der Waals surface area contributed by atoms with E-state index in [0.29, 0.717) is 11.4 Å². The normalized spacial score (nSPS) is 10.7. The van der Waals surface area contributed by atoms with Crippen LogP contribution >= 0.6 is 0 Å². The van der Waals surface area contributed by atoms with Crippen molar-refractivity contribution in [1.29, 1.82) is 0 Å². The second kappa shape index (κ2) is 8.12. The molecule has 30 heavy (non-hydrogen) atoms. The molecule has 0 radical (unpaired) electrons. The van der Waals surface area contributed by atoms with E-state index >= 15 is 0 Å². The SMILES string of the molecule is Cc1cccc(-c2noc(-c3ccc(=O)n(CC(=O)Nc4ccccc4F)c3)n2)c1. The summed E-state index contributed by atoms with van der Waals surface area (Å²) in [6, 6.07) is 16.3. The van der Waals surface area contributed by atoms with Crippen LogP contribution in [0.5, 0.6) is 0 Å². The first kappa shape index (κ1) is 19.3. The molecule has 0 spiro atoms. The highest BCUT2D eigenvalue weighted by atomic mass is 19.1. The Morgan fingerprint density at radius 3 is 2.73 bits per heavy atom. The van der Waals surface area contributed by atoms with Crippen molar-refractivity contribution in [3.63, 3.8) is 0 Å². The van der Waals surface area contributed by atoms with Crippen LogP contribution in [-0.4, -0.2) is 20.6 Å². The summed E-state index contributed by atoms with van der Waals surface area (Å²) in [4.78, 5) is 28.8. The highest BCUT2D eigenvalue weighted by Gasteiger charge is 2.14. The topological polar surface area (TPSA) is 90.0 Å². The Morgan fingerprint density at radius 2 is 1.93 bits per heavy atom. The monoisotopic (exact) mass is 404 g/mol. The lowest BCUT2D eigenvalue weighted by Crippen LogP contribution is -2.27. The Balaban J connectivity index is 1.56. The average molecular weight is 404 g/mol. The molecule has 8 heteroatoms. The van der Waals surface area contributed by atoms with Crippen LogP contribution in [0.15, 0.2) is 76.2 Å². The number of nitrogens with zero attached hydrogens (tertiary/aromatic N) is 3. The number of carbonyl (C=O) groups excluding carboxylic acids is 1. The number of pyridine rings is 1. The van der Waals surface area contributed by atoms with E-state index in [1.54, 1.807) is 12.1 Å². The third kappa shape index (κ3) is 4.17. The molecule has 7 nitrogen and oxygen atoms in total. The number of amides is 1. The van der Waals surface area contributed by atoms with Crippen LogP contribution in [0.2, 0.25) is 0 Å². The predicted molar refractivity (Wildman–Crippen MR) is 109 cm³/mol. The molecule has 2 aromatic heterocycles. The van der Waals surface area contributed by atoms with Gasteiger partial charge in [0.15, 0.2) is 0 Å². The molecule has 2 heterocycles. The number of nitrogens with one attached hydrogen (secondary N) is 1. The number of para-hydroxylation sites is 1. The molecule has 150 valence electrons. The molecule has 1 N–H and O–H groups in total. The molecule has 4 aromatic rings. The number of carbonyl (C=O) groups is 1. The minimum atomic E-state index is -0.554. The van der Waals surface area contributed by atoms with Crippen LogP contribution in [0.4, 0.5) is 10.1 Å². The van der Waals surface area contributed by atoms with Gasteiger partial charge in [-0.3, -0.25) is 9.59 Å². The number of rotatable bonds is 5. The van der Waals surface area contributed by atoms with Gasteiger partial charge in [-0.05, 0) is 31.2 Å². The highest BCUT2D eigenvalue weighted by Crippen LogP contribution is 2.22. The summed E-state index contributed by atoms with van der Waals surface area (Å²) < 4.78 is 20.2. The summed E-state index contributed by atoms with van der Waals surface area (Å²) in [7, 11) is 0. The third-order valence-electron chi connectivity index (χ3n) is 4.39. The highest BCUT2D eigenvalue weighted by molar-refractivity contribution is 5.90. The van der Waals surface area contributed by atoms with Gasteiger partial charge >= 0.3 is 0 Å². The van der Waals surface area contributed by atoms with E-state index in [-0.39, 0.29) is 23.7 Å². The first-order chi connectivity index (χ1) is 14.5. The van der Waals surface area contributed by atoms with Crippen LogP contribution in [0.3, 0.4) is 0 Å². The maximum Gasteiger partial charge on any atom is 0.259 e. The molecule has 0 unspecified atom stereocenters. The molecular weight excluding hydrogens is 387 g/mol. The van der Waals surface area contributed by atoms with E-state index in [0.717, 1.165) is 11.1 Å². The molecule has 0 saturated heterocycles. The molecule has 0 aliphatic heterocycles. The maximum absolute atomic E-state index is 13.7. The fourth-order valence-electron chi connectivity index (χ4n) is 2.93. The van der Waals surface area contributed by atoms with E-state index in [9.17, 15) is 14.0 Å². The standard InChI is InChI=1S/C22H17FN4O3/c1-14-5-4-6-15(11-14)21-25-22(30-26-21)16-9-10-20(29)27(12-16)13-19(28)24-18-8-3-2-7-17(18)23/h2-12H,13H2,1H3,(H,24,28). The maximum atomic E-state index is 13.7. The Hall–Kier alpha value is -4.07. The summed E-state index contributed by atoms with van der Waals surface area (Å²) in [5.41, 5.74) is 2.02. The van der Waals surface area contributed by atoms with Gasteiger partial charge in [-0.25, -0.2) is 4.39 Å². The molecule has 0 aliphatic rings. The van der Waals surface area contributed by atoms with E-state index in [1.807, 2.05) is 31.2 Å². The van der Waals surface area contributed by atoms with Crippen molar-refractivity contribution >= 4 is 11.6 Å². The van der Waals surface area contributed by atoms with Gasteiger partial charge in [0.25, 0.3) is 11.4 Å². The second-order valence-electron chi connectivity index (χ2n) is 6.70. The number of aromatic nitrogens is 3. The van der Waals surface area contributed by atoms with Crippen molar-refractivity contribution in [2.45, 2.75) is 13.5 Å². The van der Waals surface area contributed by atoms with Crippen LogP contribution in [0.25, 0.3) is 22.8 Å². The van der Waals surface area contributed by atoms with Crippen LogP contribution in [-0.2, 0) is 11.3 Å². The van der Waals surface area contributed by atoms with Crippen molar-refractivity contribution in [3.05, 3.63) is 88.6 Å². The van der Waals surface area contributed by atoms with Crippen LogP contribution < -0.4 is 10.9 Å². The molecule has 0 saturated carbocycles. The summed E-state index contributed by atoms with van der Waals surface area (Å²) in [5, 5.41) is 6.44. The third-order valence-corrected chi connectivity index (χ3v) is 4.39. The van der Waals surface area contributed by atoms with Crippen LogP contribution in [0, 0.1) is 12.7 Å². The quantitative estimate of drug-likeness (QED) is 0.548. The Morgan fingerprint density at radius 1 is 1.10 bits per heavy atom. The number of halogens is 1. The van der Waals surface area contributed by atoms with Gasteiger partial charge in [-0.1, -0.05) is 41.1 Å². The first-order valence-electron chi connectivity index (χ1n) is 9.15. The molecule has 0 fully saturated rings. The van der Waals surface area contributed by atoms with Gasteiger partial charge in [0.05, 0.1) is 11.3 Å². The van der Waals surface area contributed by atoms with E-state index < -0.39 is 11.7 Å². The number of aryl methyl sites for hydroxylation is 1. The van der Waals surface area contributed by atoms with Gasteiger partial charge in [-0.15, -0.1) is 0 Å². The molecule has 0 atom stereocenters. The minimum absolute atomic E-state index is 0.0476. The number of anilines is 1. The lowest BCUT2D eigenvalue weighted by atomic mass is 10.1.